The highest BCUT2D eigenvalue weighted by Gasteiger charge is 2.06. The second kappa shape index (κ2) is 8.95. The Bertz CT molecular complexity index is 164. The summed E-state index contributed by atoms with van der Waals surface area (Å²) < 4.78 is 0. The molecule has 0 aromatic rings. The maximum Gasteiger partial charge on any atom is 0.0635 e. The van der Waals surface area contributed by atoms with E-state index in [0.29, 0.717) is 18.9 Å². The van der Waals surface area contributed by atoms with Crippen molar-refractivity contribution in [3.05, 3.63) is 0 Å². The van der Waals surface area contributed by atoms with E-state index in [1.165, 1.54) is 0 Å². The molecule has 0 radical (unpaired) electrons. The molecular weight excluding hydrogens is 176 g/mol. The lowest BCUT2D eigenvalue weighted by atomic mass is 10.0. The van der Waals surface area contributed by atoms with Crippen LogP contribution < -0.4 is 16.8 Å². The van der Waals surface area contributed by atoms with Gasteiger partial charge in [-0.05, 0) is 31.8 Å². The molecule has 0 aliphatic carbocycles. The number of nitrogens with zero attached hydrogens (tertiary/aromatic N) is 1. The molecular formula is C10H22N4. The van der Waals surface area contributed by atoms with Gasteiger partial charge in [0.2, 0.25) is 0 Å². The summed E-state index contributed by atoms with van der Waals surface area (Å²) in [4.78, 5) is 0. The molecule has 0 aliphatic heterocycles. The molecule has 0 saturated carbocycles. The summed E-state index contributed by atoms with van der Waals surface area (Å²) in [7, 11) is 0. The molecule has 2 unspecified atom stereocenters. The van der Waals surface area contributed by atoms with Crippen molar-refractivity contribution in [2.24, 2.45) is 17.4 Å². The van der Waals surface area contributed by atoms with Gasteiger partial charge in [0.25, 0.3) is 0 Å². The number of nitriles is 1. The smallest absolute Gasteiger partial charge is 0.0635 e. The van der Waals surface area contributed by atoms with Crippen molar-refractivity contribution in [3.8, 4) is 6.07 Å². The Hall–Kier alpha value is -0.630. The summed E-state index contributed by atoms with van der Waals surface area (Å²) in [6.45, 7) is 4.47. The Morgan fingerprint density at radius 3 is 2.71 bits per heavy atom. The number of nitrogens with one attached hydrogen (secondary N) is 1. The van der Waals surface area contributed by atoms with Crippen molar-refractivity contribution in [1.82, 2.24) is 5.32 Å². The highest BCUT2D eigenvalue weighted by Crippen LogP contribution is 2.04. The third-order valence-electron chi connectivity index (χ3n) is 2.21. The minimum Gasteiger partial charge on any atom is -0.330 e. The van der Waals surface area contributed by atoms with Gasteiger partial charge < -0.3 is 16.8 Å². The van der Waals surface area contributed by atoms with Crippen LogP contribution in [0, 0.1) is 17.2 Å². The molecule has 5 N–H and O–H groups in total. The van der Waals surface area contributed by atoms with Crippen molar-refractivity contribution in [2.45, 2.75) is 32.2 Å². The highest BCUT2D eigenvalue weighted by atomic mass is 14.9. The van der Waals surface area contributed by atoms with E-state index in [0.717, 1.165) is 25.9 Å². The van der Waals surface area contributed by atoms with Crippen LogP contribution in [0.15, 0.2) is 0 Å². The van der Waals surface area contributed by atoms with Gasteiger partial charge in [0.1, 0.15) is 0 Å². The second-order valence-electron chi connectivity index (χ2n) is 3.78. The third kappa shape index (κ3) is 7.99. The fourth-order valence-electron chi connectivity index (χ4n) is 1.29. The first-order chi connectivity index (χ1) is 6.70. The summed E-state index contributed by atoms with van der Waals surface area (Å²) in [6, 6.07) is 2.31. The molecule has 0 amide bonds. The molecule has 0 aromatic carbocycles. The Morgan fingerprint density at radius 1 is 1.43 bits per heavy atom. The summed E-state index contributed by atoms with van der Waals surface area (Å²) in [5, 5.41) is 11.5. The molecule has 0 aliphatic rings. The lowest BCUT2D eigenvalue weighted by Gasteiger charge is -2.15. The van der Waals surface area contributed by atoms with Crippen LogP contribution >= 0.6 is 0 Å². The number of hydrogen-bond acceptors (Lipinski definition) is 4. The SMILES string of the molecule is CC(CN)CC(N)CCNCCC#N. The van der Waals surface area contributed by atoms with Crippen LogP contribution in [0.2, 0.25) is 0 Å². The van der Waals surface area contributed by atoms with Gasteiger partial charge in [0.15, 0.2) is 0 Å². The van der Waals surface area contributed by atoms with Crippen LogP contribution in [-0.2, 0) is 0 Å². The molecule has 0 aromatic heterocycles. The molecule has 0 bridgehead atoms. The normalized spacial score (nSPS) is 14.7. The first-order valence-corrected chi connectivity index (χ1v) is 5.24. The van der Waals surface area contributed by atoms with Gasteiger partial charge >= 0.3 is 0 Å². The van der Waals surface area contributed by atoms with Crippen molar-refractivity contribution in [1.29, 1.82) is 5.26 Å². The van der Waals surface area contributed by atoms with Crippen LogP contribution in [0.1, 0.15) is 26.2 Å². The number of hydrogen-bond donors (Lipinski definition) is 3. The van der Waals surface area contributed by atoms with Crippen LogP contribution in [0.25, 0.3) is 0 Å². The monoisotopic (exact) mass is 198 g/mol. The van der Waals surface area contributed by atoms with Gasteiger partial charge in [-0.15, -0.1) is 0 Å². The molecule has 82 valence electrons. The maximum absolute atomic E-state index is 8.30. The van der Waals surface area contributed by atoms with E-state index < -0.39 is 0 Å². The van der Waals surface area contributed by atoms with Gasteiger partial charge in [-0.2, -0.15) is 5.26 Å². The first kappa shape index (κ1) is 13.4. The molecule has 0 rings (SSSR count). The van der Waals surface area contributed by atoms with E-state index in [2.05, 4.69) is 18.3 Å². The number of nitrogens with two attached hydrogens (primary N) is 2. The van der Waals surface area contributed by atoms with E-state index in [9.17, 15) is 0 Å². The van der Waals surface area contributed by atoms with Gasteiger partial charge in [-0.25, -0.2) is 0 Å². The van der Waals surface area contributed by atoms with Crippen LogP contribution in [0.4, 0.5) is 0 Å². The van der Waals surface area contributed by atoms with Crippen molar-refractivity contribution >= 4 is 0 Å². The van der Waals surface area contributed by atoms with Gasteiger partial charge in [-0.3, -0.25) is 0 Å². The fourth-order valence-corrected chi connectivity index (χ4v) is 1.29. The zero-order valence-corrected chi connectivity index (χ0v) is 9.00. The fraction of sp³-hybridized carbons (Fsp3) is 0.900. The maximum atomic E-state index is 8.30. The Balaban J connectivity index is 3.27. The summed E-state index contributed by atoms with van der Waals surface area (Å²) >= 11 is 0. The van der Waals surface area contributed by atoms with Gasteiger partial charge in [-0.1, -0.05) is 6.92 Å². The van der Waals surface area contributed by atoms with E-state index >= 15 is 0 Å². The van der Waals surface area contributed by atoms with Crippen LogP contribution in [-0.4, -0.2) is 25.7 Å². The molecule has 0 fully saturated rings. The molecule has 4 nitrogen and oxygen atoms in total. The standard InChI is InChI=1S/C10H22N4/c1-9(8-12)7-10(13)3-6-14-5-2-4-11/h9-10,14H,2-3,5-8,12-13H2,1H3. The number of rotatable bonds is 8. The average Bonchev–Trinajstić information content (AvgIpc) is 2.17. The minimum absolute atomic E-state index is 0.225. The first-order valence-electron chi connectivity index (χ1n) is 5.24. The molecule has 0 saturated heterocycles. The summed E-state index contributed by atoms with van der Waals surface area (Å²) in [6.07, 6.45) is 2.50. The predicted molar refractivity (Wildman–Crippen MR) is 58.5 cm³/mol. The topological polar surface area (TPSA) is 87.9 Å². The van der Waals surface area contributed by atoms with Crippen molar-refractivity contribution in [3.63, 3.8) is 0 Å². The molecule has 14 heavy (non-hydrogen) atoms. The second-order valence-corrected chi connectivity index (χ2v) is 3.78. The zero-order valence-electron chi connectivity index (χ0n) is 9.00. The van der Waals surface area contributed by atoms with Gasteiger partial charge in [0, 0.05) is 19.0 Å². The highest BCUT2D eigenvalue weighted by molar-refractivity contribution is 4.71. The zero-order chi connectivity index (χ0) is 10.8. The Labute approximate surface area is 86.6 Å². The minimum atomic E-state index is 0.225. The Morgan fingerprint density at radius 2 is 2.14 bits per heavy atom. The van der Waals surface area contributed by atoms with E-state index in [1.807, 2.05) is 0 Å². The summed E-state index contributed by atoms with van der Waals surface area (Å²) in [5.74, 6) is 0.504. The lowest BCUT2D eigenvalue weighted by molar-refractivity contribution is 0.444. The van der Waals surface area contributed by atoms with Crippen LogP contribution in [0.3, 0.4) is 0 Å². The summed E-state index contributed by atoms with van der Waals surface area (Å²) in [5.41, 5.74) is 11.4. The average molecular weight is 198 g/mol. The predicted octanol–water partition coefficient (Wildman–Crippen LogP) is 0.192. The van der Waals surface area contributed by atoms with Crippen molar-refractivity contribution in [2.75, 3.05) is 19.6 Å². The largest absolute Gasteiger partial charge is 0.330 e. The molecule has 0 spiro atoms. The molecule has 0 heterocycles. The van der Waals surface area contributed by atoms with E-state index in [-0.39, 0.29) is 6.04 Å². The molecule has 4 heteroatoms. The van der Waals surface area contributed by atoms with E-state index in [1.54, 1.807) is 0 Å². The van der Waals surface area contributed by atoms with E-state index in [4.69, 9.17) is 16.7 Å². The lowest BCUT2D eigenvalue weighted by Crippen LogP contribution is -2.30. The van der Waals surface area contributed by atoms with Crippen LogP contribution in [0.5, 0.6) is 0 Å². The van der Waals surface area contributed by atoms with Gasteiger partial charge in [0.05, 0.1) is 6.07 Å². The van der Waals surface area contributed by atoms with Crippen molar-refractivity contribution < 1.29 is 0 Å². The quantitative estimate of drug-likeness (QED) is 0.486. The Kier molecular flexibility index (Phi) is 8.54. The third-order valence-corrected chi connectivity index (χ3v) is 2.21. The molecule has 2 atom stereocenters.